The first-order valence-electron chi connectivity index (χ1n) is 6.20. The monoisotopic (exact) mass is 252 g/mol. The molecule has 98 valence electrons. The molecule has 0 spiro atoms. The van der Waals surface area contributed by atoms with Gasteiger partial charge in [0.2, 0.25) is 0 Å². The van der Waals surface area contributed by atoms with E-state index in [0.717, 1.165) is 5.56 Å². The van der Waals surface area contributed by atoms with Gasteiger partial charge in [-0.25, -0.2) is 4.39 Å². The van der Waals surface area contributed by atoms with Crippen LogP contribution < -0.4 is 0 Å². The first kappa shape index (κ1) is 13.0. The van der Waals surface area contributed by atoms with E-state index >= 15 is 0 Å². The van der Waals surface area contributed by atoms with Gasteiger partial charge in [0.25, 0.3) is 0 Å². The van der Waals surface area contributed by atoms with Crippen molar-refractivity contribution in [3.63, 3.8) is 0 Å². The van der Waals surface area contributed by atoms with Crippen LogP contribution in [0.1, 0.15) is 18.4 Å². The standard InChI is InChI=1S/C14H17FO3/c15-13-5-3-10(4-6-13)7-12(14(16)17)9-18-8-11-1-2-11/h3-6,11-12H,1-2,7-9H2,(H,16,17). The van der Waals surface area contributed by atoms with Gasteiger partial charge in [-0.3, -0.25) is 4.79 Å². The van der Waals surface area contributed by atoms with E-state index in [4.69, 9.17) is 9.84 Å². The van der Waals surface area contributed by atoms with Crippen LogP contribution in [0.25, 0.3) is 0 Å². The number of aliphatic carboxylic acids is 1. The van der Waals surface area contributed by atoms with E-state index in [1.54, 1.807) is 12.1 Å². The summed E-state index contributed by atoms with van der Waals surface area (Å²) in [4.78, 5) is 11.1. The summed E-state index contributed by atoms with van der Waals surface area (Å²) in [6.07, 6.45) is 2.76. The lowest BCUT2D eigenvalue weighted by Crippen LogP contribution is -2.22. The highest BCUT2D eigenvalue weighted by atomic mass is 19.1. The fraction of sp³-hybridized carbons (Fsp3) is 0.500. The lowest BCUT2D eigenvalue weighted by Gasteiger charge is -2.12. The minimum atomic E-state index is -0.866. The first-order valence-corrected chi connectivity index (χ1v) is 6.20. The summed E-state index contributed by atoms with van der Waals surface area (Å²) >= 11 is 0. The van der Waals surface area contributed by atoms with Crippen LogP contribution in [0.2, 0.25) is 0 Å². The summed E-state index contributed by atoms with van der Waals surface area (Å²) in [5.74, 6) is -1.11. The maximum atomic E-state index is 12.7. The lowest BCUT2D eigenvalue weighted by molar-refractivity contribution is -0.143. The van der Waals surface area contributed by atoms with E-state index in [9.17, 15) is 9.18 Å². The molecule has 1 atom stereocenters. The summed E-state index contributed by atoms with van der Waals surface area (Å²) in [5.41, 5.74) is 0.818. The van der Waals surface area contributed by atoms with Gasteiger partial charge in [0.1, 0.15) is 5.82 Å². The summed E-state index contributed by atoms with van der Waals surface area (Å²) < 4.78 is 18.2. The molecule has 0 radical (unpaired) electrons. The molecule has 4 heteroatoms. The Morgan fingerprint density at radius 1 is 1.39 bits per heavy atom. The Hall–Kier alpha value is -1.42. The molecule has 1 unspecified atom stereocenters. The smallest absolute Gasteiger partial charge is 0.309 e. The van der Waals surface area contributed by atoms with Crippen molar-refractivity contribution in [3.05, 3.63) is 35.6 Å². The molecule has 0 amide bonds. The van der Waals surface area contributed by atoms with Gasteiger partial charge in [-0.2, -0.15) is 0 Å². The number of carboxylic acid groups (broad SMARTS) is 1. The van der Waals surface area contributed by atoms with Crippen molar-refractivity contribution in [1.29, 1.82) is 0 Å². The Labute approximate surface area is 106 Å². The zero-order valence-electron chi connectivity index (χ0n) is 10.1. The van der Waals surface area contributed by atoms with Crippen molar-refractivity contribution in [2.45, 2.75) is 19.3 Å². The second-order valence-corrected chi connectivity index (χ2v) is 4.85. The molecule has 1 aromatic rings. The molecule has 18 heavy (non-hydrogen) atoms. The molecular weight excluding hydrogens is 235 g/mol. The SMILES string of the molecule is O=C(O)C(COCC1CC1)Cc1ccc(F)cc1. The lowest BCUT2D eigenvalue weighted by atomic mass is 10.0. The van der Waals surface area contributed by atoms with Gasteiger partial charge in [-0.15, -0.1) is 0 Å². The number of halogens is 1. The highest BCUT2D eigenvalue weighted by Crippen LogP contribution is 2.29. The van der Waals surface area contributed by atoms with E-state index in [1.165, 1.54) is 25.0 Å². The normalized spacial score (nSPS) is 16.5. The molecular formula is C14H17FO3. The number of benzene rings is 1. The molecule has 1 fully saturated rings. The summed E-state index contributed by atoms with van der Waals surface area (Å²) in [6.45, 7) is 0.885. The topological polar surface area (TPSA) is 46.5 Å². The second-order valence-electron chi connectivity index (χ2n) is 4.85. The third-order valence-corrected chi connectivity index (χ3v) is 3.11. The Balaban J connectivity index is 1.84. The van der Waals surface area contributed by atoms with Crippen molar-refractivity contribution in [2.24, 2.45) is 11.8 Å². The van der Waals surface area contributed by atoms with Gasteiger partial charge < -0.3 is 9.84 Å². The zero-order valence-corrected chi connectivity index (χ0v) is 10.1. The van der Waals surface area contributed by atoms with E-state index in [-0.39, 0.29) is 12.4 Å². The van der Waals surface area contributed by atoms with E-state index in [0.29, 0.717) is 18.9 Å². The molecule has 0 heterocycles. The van der Waals surface area contributed by atoms with Gasteiger partial charge in [0.05, 0.1) is 12.5 Å². The van der Waals surface area contributed by atoms with E-state index in [1.807, 2.05) is 0 Å². The Morgan fingerprint density at radius 3 is 2.61 bits per heavy atom. The van der Waals surface area contributed by atoms with Crippen LogP contribution in [0.4, 0.5) is 4.39 Å². The molecule has 2 rings (SSSR count). The van der Waals surface area contributed by atoms with Crippen LogP contribution in [-0.2, 0) is 16.0 Å². The molecule has 1 aromatic carbocycles. The maximum Gasteiger partial charge on any atom is 0.309 e. The molecule has 1 aliphatic rings. The average molecular weight is 252 g/mol. The first-order chi connectivity index (χ1) is 8.65. The van der Waals surface area contributed by atoms with Crippen LogP contribution in [0.5, 0.6) is 0 Å². The van der Waals surface area contributed by atoms with E-state index in [2.05, 4.69) is 0 Å². The Morgan fingerprint density at radius 2 is 2.06 bits per heavy atom. The van der Waals surface area contributed by atoms with Crippen LogP contribution in [0.15, 0.2) is 24.3 Å². The average Bonchev–Trinajstić information content (AvgIpc) is 3.14. The van der Waals surface area contributed by atoms with Crippen molar-refractivity contribution in [3.8, 4) is 0 Å². The number of rotatable bonds is 7. The van der Waals surface area contributed by atoms with Gasteiger partial charge in [0, 0.05) is 6.61 Å². The molecule has 0 aromatic heterocycles. The fourth-order valence-corrected chi connectivity index (χ4v) is 1.78. The molecule has 1 aliphatic carbocycles. The largest absolute Gasteiger partial charge is 0.481 e. The minimum Gasteiger partial charge on any atom is -0.481 e. The van der Waals surface area contributed by atoms with Crippen LogP contribution in [0, 0.1) is 17.7 Å². The quantitative estimate of drug-likeness (QED) is 0.811. The van der Waals surface area contributed by atoms with Crippen molar-refractivity contribution in [1.82, 2.24) is 0 Å². The maximum absolute atomic E-state index is 12.7. The fourth-order valence-electron chi connectivity index (χ4n) is 1.78. The number of carboxylic acids is 1. The summed E-state index contributed by atoms with van der Waals surface area (Å²) in [7, 11) is 0. The Kier molecular flexibility index (Phi) is 4.31. The van der Waals surface area contributed by atoms with Crippen molar-refractivity contribution in [2.75, 3.05) is 13.2 Å². The third kappa shape index (κ3) is 4.11. The molecule has 1 N–H and O–H groups in total. The molecule has 3 nitrogen and oxygen atoms in total. The number of hydrogen-bond donors (Lipinski definition) is 1. The zero-order chi connectivity index (χ0) is 13.0. The van der Waals surface area contributed by atoms with Crippen molar-refractivity contribution >= 4 is 5.97 Å². The highest BCUT2D eigenvalue weighted by Gasteiger charge is 2.23. The van der Waals surface area contributed by atoms with E-state index < -0.39 is 11.9 Å². The predicted octanol–water partition coefficient (Wildman–Crippen LogP) is 2.50. The predicted molar refractivity (Wildman–Crippen MR) is 64.8 cm³/mol. The third-order valence-electron chi connectivity index (χ3n) is 3.11. The molecule has 0 aliphatic heterocycles. The minimum absolute atomic E-state index is 0.225. The second kappa shape index (κ2) is 5.96. The van der Waals surface area contributed by atoms with Gasteiger partial charge in [0.15, 0.2) is 0 Å². The number of ether oxygens (including phenoxy) is 1. The number of carbonyl (C=O) groups is 1. The van der Waals surface area contributed by atoms with Crippen molar-refractivity contribution < 1.29 is 19.0 Å². The van der Waals surface area contributed by atoms with Crippen LogP contribution >= 0.6 is 0 Å². The number of hydrogen-bond acceptors (Lipinski definition) is 2. The van der Waals surface area contributed by atoms with Crippen LogP contribution in [-0.4, -0.2) is 24.3 Å². The molecule has 0 bridgehead atoms. The Bertz CT molecular complexity index is 398. The summed E-state index contributed by atoms with van der Waals surface area (Å²) in [6, 6.07) is 5.93. The highest BCUT2D eigenvalue weighted by molar-refractivity contribution is 5.70. The summed E-state index contributed by atoms with van der Waals surface area (Å²) in [5, 5.41) is 9.12. The van der Waals surface area contributed by atoms with Gasteiger partial charge in [-0.05, 0) is 42.9 Å². The molecule has 0 saturated heterocycles. The van der Waals surface area contributed by atoms with Gasteiger partial charge in [-0.1, -0.05) is 12.1 Å². The molecule has 1 saturated carbocycles. The van der Waals surface area contributed by atoms with Gasteiger partial charge >= 0.3 is 5.97 Å². The van der Waals surface area contributed by atoms with Crippen LogP contribution in [0.3, 0.4) is 0 Å².